The molecule has 0 saturated heterocycles. The Hall–Kier alpha value is -3.24. The summed E-state index contributed by atoms with van der Waals surface area (Å²) in [5, 5.41) is 0.587. The molecule has 3 N–H and O–H groups in total. The molecule has 0 aliphatic rings. The molecule has 28 heavy (non-hydrogen) atoms. The first-order valence-corrected chi connectivity index (χ1v) is 9.48. The molecule has 4 nitrogen and oxygen atoms in total. The summed E-state index contributed by atoms with van der Waals surface area (Å²) in [6.07, 6.45) is 1.63. The highest BCUT2D eigenvalue weighted by Crippen LogP contribution is 2.33. The molecule has 0 aliphatic carbocycles. The van der Waals surface area contributed by atoms with Crippen molar-refractivity contribution in [2.45, 2.75) is 19.9 Å². The molecule has 0 fully saturated rings. The Balaban J connectivity index is 1.91. The van der Waals surface area contributed by atoms with Crippen LogP contribution in [0.3, 0.4) is 0 Å². The highest BCUT2D eigenvalue weighted by molar-refractivity contribution is 5.91. The first-order chi connectivity index (χ1) is 13.5. The van der Waals surface area contributed by atoms with Crippen LogP contribution in [-0.2, 0) is 0 Å². The third-order valence-electron chi connectivity index (χ3n) is 5.12. The predicted octanol–water partition coefficient (Wildman–Crippen LogP) is 4.91. The molecule has 2 heterocycles. The van der Waals surface area contributed by atoms with Crippen molar-refractivity contribution in [1.29, 1.82) is 0 Å². The molecular formula is C24H23N3O. The lowest BCUT2D eigenvalue weighted by Gasteiger charge is -2.17. The van der Waals surface area contributed by atoms with Crippen molar-refractivity contribution >= 4 is 10.9 Å². The average molecular weight is 369 g/mol. The Morgan fingerprint density at radius 3 is 2.32 bits per heavy atom. The van der Waals surface area contributed by atoms with Crippen LogP contribution in [0.2, 0.25) is 0 Å². The summed E-state index contributed by atoms with van der Waals surface area (Å²) in [5.41, 5.74) is 11.8. The zero-order chi connectivity index (χ0) is 19.7. The second kappa shape index (κ2) is 7.41. The van der Waals surface area contributed by atoms with E-state index in [1.807, 2.05) is 42.5 Å². The van der Waals surface area contributed by atoms with Crippen LogP contribution in [0.1, 0.15) is 25.5 Å². The molecule has 0 spiro atoms. The normalized spacial score (nSPS) is 12.4. The van der Waals surface area contributed by atoms with Gasteiger partial charge in [0.25, 0.3) is 5.56 Å². The van der Waals surface area contributed by atoms with E-state index in [-0.39, 0.29) is 11.6 Å². The number of H-pyrrole nitrogens is 1. The molecule has 0 saturated carbocycles. The van der Waals surface area contributed by atoms with Gasteiger partial charge in [-0.15, -0.1) is 0 Å². The zero-order valence-corrected chi connectivity index (χ0v) is 16.0. The van der Waals surface area contributed by atoms with Gasteiger partial charge in [0.2, 0.25) is 0 Å². The summed E-state index contributed by atoms with van der Waals surface area (Å²) in [6.45, 7) is 4.24. The van der Waals surface area contributed by atoms with Crippen molar-refractivity contribution in [1.82, 2.24) is 9.97 Å². The maximum Gasteiger partial charge on any atom is 0.257 e. The Morgan fingerprint density at radius 1 is 0.929 bits per heavy atom. The van der Waals surface area contributed by atoms with Gasteiger partial charge >= 0.3 is 0 Å². The molecule has 4 heteroatoms. The molecule has 0 aliphatic heterocycles. The van der Waals surface area contributed by atoms with E-state index in [2.05, 4.69) is 43.1 Å². The highest BCUT2D eigenvalue weighted by atomic mass is 16.1. The molecule has 0 bridgehead atoms. The minimum absolute atomic E-state index is 0.00534. The zero-order valence-electron chi connectivity index (χ0n) is 16.0. The Morgan fingerprint density at radius 2 is 1.64 bits per heavy atom. The van der Waals surface area contributed by atoms with Crippen LogP contribution in [0.5, 0.6) is 0 Å². The van der Waals surface area contributed by atoms with Crippen LogP contribution >= 0.6 is 0 Å². The fourth-order valence-electron chi connectivity index (χ4n) is 3.42. The number of hydrogen-bond donors (Lipinski definition) is 2. The maximum atomic E-state index is 12.3. The number of aromatic nitrogens is 2. The molecule has 1 atom stereocenters. The van der Waals surface area contributed by atoms with Crippen LogP contribution in [0.4, 0.5) is 0 Å². The molecule has 140 valence electrons. The third-order valence-corrected chi connectivity index (χ3v) is 5.12. The van der Waals surface area contributed by atoms with Gasteiger partial charge in [0.05, 0.1) is 16.6 Å². The second-order valence-electron chi connectivity index (χ2n) is 7.38. The molecule has 4 aromatic rings. The first-order valence-electron chi connectivity index (χ1n) is 9.48. The van der Waals surface area contributed by atoms with E-state index in [1.165, 1.54) is 0 Å². The summed E-state index contributed by atoms with van der Waals surface area (Å²) in [6, 6.07) is 22.1. The van der Waals surface area contributed by atoms with Crippen LogP contribution < -0.4 is 11.3 Å². The molecule has 0 amide bonds. The number of aromatic amines is 1. The second-order valence-corrected chi connectivity index (χ2v) is 7.38. The van der Waals surface area contributed by atoms with E-state index in [1.54, 1.807) is 6.20 Å². The van der Waals surface area contributed by atoms with E-state index in [0.29, 0.717) is 16.8 Å². The number of nitrogens with one attached hydrogen (secondary N) is 1. The number of nitrogens with two attached hydrogens (primary N) is 1. The van der Waals surface area contributed by atoms with Gasteiger partial charge in [-0.1, -0.05) is 68.4 Å². The van der Waals surface area contributed by atoms with E-state index < -0.39 is 0 Å². The van der Waals surface area contributed by atoms with Gasteiger partial charge in [-0.2, -0.15) is 0 Å². The van der Waals surface area contributed by atoms with Gasteiger partial charge < -0.3 is 10.7 Å². The molecule has 2 aromatic carbocycles. The largest absolute Gasteiger partial charge is 0.328 e. The fourth-order valence-corrected chi connectivity index (χ4v) is 3.42. The Kier molecular flexibility index (Phi) is 4.80. The predicted molar refractivity (Wildman–Crippen MR) is 115 cm³/mol. The lowest BCUT2D eigenvalue weighted by Crippen LogP contribution is -2.16. The van der Waals surface area contributed by atoms with Gasteiger partial charge in [-0.3, -0.25) is 4.79 Å². The van der Waals surface area contributed by atoms with E-state index in [9.17, 15) is 4.79 Å². The van der Waals surface area contributed by atoms with Crippen molar-refractivity contribution in [3.05, 3.63) is 88.8 Å². The van der Waals surface area contributed by atoms with Gasteiger partial charge in [0, 0.05) is 23.4 Å². The Bertz CT molecular complexity index is 1160. The molecule has 2 aromatic heterocycles. The van der Waals surface area contributed by atoms with Crippen LogP contribution in [0.25, 0.3) is 33.3 Å². The van der Waals surface area contributed by atoms with E-state index >= 15 is 0 Å². The summed E-state index contributed by atoms with van der Waals surface area (Å²) in [5.74, 6) is 0.372. The molecule has 0 radical (unpaired) electrons. The number of benzene rings is 2. The minimum Gasteiger partial charge on any atom is -0.328 e. The summed E-state index contributed by atoms with van der Waals surface area (Å²) in [7, 11) is 0. The fraction of sp³-hybridized carbons (Fsp3) is 0.167. The number of fused-ring (bicyclic) bond motifs is 1. The standard InChI is InChI=1S/C24H23N3O/c1-15(2)22(25)17-8-10-18(11-9-17)23-19(16-6-4-3-5-7-16)14-20-21(27-23)12-13-26-24(20)28/h3-15,22H,25H2,1-2H3,(H,26,28). The van der Waals surface area contributed by atoms with Gasteiger partial charge in [-0.25, -0.2) is 4.98 Å². The quantitative estimate of drug-likeness (QED) is 0.537. The minimum atomic E-state index is -0.132. The molecule has 1 unspecified atom stereocenters. The Labute approximate surface area is 164 Å². The number of pyridine rings is 2. The molecular weight excluding hydrogens is 346 g/mol. The monoisotopic (exact) mass is 369 g/mol. The summed E-state index contributed by atoms with van der Waals surface area (Å²) < 4.78 is 0. The first kappa shape index (κ1) is 18.1. The maximum absolute atomic E-state index is 12.3. The number of nitrogens with zero attached hydrogens (tertiary/aromatic N) is 1. The van der Waals surface area contributed by atoms with Crippen molar-refractivity contribution in [2.75, 3.05) is 0 Å². The van der Waals surface area contributed by atoms with Crippen molar-refractivity contribution in [3.8, 4) is 22.4 Å². The van der Waals surface area contributed by atoms with Crippen LogP contribution in [0.15, 0.2) is 77.7 Å². The summed E-state index contributed by atoms with van der Waals surface area (Å²) >= 11 is 0. The van der Waals surface area contributed by atoms with E-state index in [4.69, 9.17) is 10.7 Å². The average Bonchev–Trinajstić information content (AvgIpc) is 2.73. The highest BCUT2D eigenvalue weighted by Gasteiger charge is 2.14. The smallest absolute Gasteiger partial charge is 0.257 e. The SMILES string of the molecule is CC(C)C(N)c1ccc(-c2nc3cc[nH]c(=O)c3cc2-c2ccccc2)cc1. The van der Waals surface area contributed by atoms with Crippen molar-refractivity contribution in [3.63, 3.8) is 0 Å². The van der Waals surface area contributed by atoms with E-state index in [0.717, 1.165) is 27.9 Å². The molecule has 4 rings (SSSR count). The van der Waals surface area contributed by atoms with Gasteiger partial charge in [0.15, 0.2) is 0 Å². The van der Waals surface area contributed by atoms with Crippen molar-refractivity contribution < 1.29 is 0 Å². The van der Waals surface area contributed by atoms with Crippen molar-refractivity contribution in [2.24, 2.45) is 11.7 Å². The lowest BCUT2D eigenvalue weighted by atomic mass is 9.93. The topological polar surface area (TPSA) is 71.8 Å². The number of rotatable bonds is 4. The lowest BCUT2D eigenvalue weighted by molar-refractivity contribution is 0.514. The number of hydrogen-bond acceptors (Lipinski definition) is 3. The third kappa shape index (κ3) is 3.35. The van der Waals surface area contributed by atoms with Crippen LogP contribution in [-0.4, -0.2) is 9.97 Å². The van der Waals surface area contributed by atoms with Gasteiger partial charge in [0.1, 0.15) is 0 Å². The summed E-state index contributed by atoms with van der Waals surface area (Å²) in [4.78, 5) is 19.9. The van der Waals surface area contributed by atoms with Crippen LogP contribution in [0, 0.1) is 5.92 Å². The van der Waals surface area contributed by atoms with Gasteiger partial charge in [-0.05, 0) is 29.2 Å².